The number of fused-ring (bicyclic) bond motifs is 1. The van der Waals surface area contributed by atoms with Crippen LogP contribution in [0.3, 0.4) is 0 Å². The summed E-state index contributed by atoms with van der Waals surface area (Å²) < 4.78 is 5.31. The third kappa shape index (κ3) is 7.13. The number of benzene rings is 1. The zero-order chi connectivity index (χ0) is 24.5. The van der Waals surface area contributed by atoms with Crippen molar-refractivity contribution in [1.29, 1.82) is 0 Å². The second-order valence-corrected chi connectivity index (χ2v) is 9.29. The van der Waals surface area contributed by atoms with Gasteiger partial charge in [-0.3, -0.25) is 4.79 Å². The van der Waals surface area contributed by atoms with Gasteiger partial charge in [-0.05, 0) is 56.4 Å². The fourth-order valence-electron chi connectivity index (χ4n) is 4.25. The Morgan fingerprint density at radius 2 is 1.94 bits per heavy atom. The maximum Gasteiger partial charge on any atom is 0.342 e. The number of aromatic hydroxyl groups is 2. The minimum absolute atomic E-state index is 0.0542. The molecule has 0 aromatic heterocycles. The molecule has 1 atom stereocenters. The topological polar surface area (TPSA) is 109 Å². The summed E-state index contributed by atoms with van der Waals surface area (Å²) in [5.41, 5.74) is 0.670. The quantitative estimate of drug-likeness (QED) is 0.362. The summed E-state index contributed by atoms with van der Waals surface area (Å²) in [6.07, 6.45) is 10.1. The molecule has 0 aliphatic carbocycles. The smallest absolute Gasteiger partial charge is 0.342 e. The Bertz CT molecular complexity index is 940. The highest BCUT2D eigenvalue weighted by atomic mass is 35.5. The van der Waals surface area contributed by atoms with Gasteiger partial charge in [0.2, 0.25) is 0 Å². The summed E-state index contributed by atoms with van der Waals surface area (Å²) in [5.74, 6) is -1.36. The number of carbonyl (C=O) groups is 2. The fourth-order valence-corrected chi connectivity index (χ4v) is 4.47. The van der Waals surface area contributed by atoms with Crippen molar-refractivity contribution in [2.24, 2.45) is 11.1 Å². The van der Waals surface area contributed by atoms with Crippen molar-refractivity contribution >= 4 is 29.2 Å². The predicted octanol–water partition coefficient (Wildman–Crippen LogP) is 4.60. The predicted molar refractivity (Wildman–Crippen MR) is 129 cm³/mol. The molecule has 1 unspecified atom stereocenters. The lowest BCUT2D eigenvalue weighted by Gasteiger charge is -2.26. The molecule has 2 aliphatic heterocycles. The lowest BCUT2D eigenvalue weighted by Crippen LogP contribution is -2.37. The van der Waals surface area contributed by atoms with Gasteiger partial charge in [0, 0.05) is 25.6 Å². The third-order valence-corrected chi connectivity index (χ3v) is 6.51. The van der Waals surface area contributed by atoms with Crippen molar-refractivity contribution in [3.8, 4) is 11.5 Å². The number of piperidine rings is 1. The number of oxime groups is 1. The zero-order valence-corrected chi connectivity index (χ0v) is 20.4. The van der Waals surface area contributed by atoms with Gasteiger partial charge in [0.15, 0.2) is 6.61 Å². The van der Waals surface area contributed by atoms with Crippen LogP contribution < -0.4 is 0 Å². The number of amides is 1. The molecule has 1 fully saturated rings. The standard InChI is InChI=1S/C25H33ClN2O6/c1-17-9-5-2-3-8-12-33-25(32)23-19(24(26)21(30)15-20(23)29)14-18(13-17)27-34-16-22(31)28-10-6-4-7-11-28/h2-3,15,17,29-30H,4-14,16H2,1H3/b3-2+,27-18-. The van der Waals surface area contributed by atoms with Gasteiger partial charge >= 0.3 is 5.97 Å². The van der Waals surface area contributed by atoms with Crippen LogP contribution in [0.1, 0.15) is 67.8 Å². The lowest BCUT2D eigenvalue weighted by atomic mass is 9.93. The average Bonchev–Trinajstić information content (AvgIpc) is 2.81. The van der Waals surface area contributed by atoms with E-state index in [1.165, 1.54) is 0 Å². The molecule has 0 radical (unpaired) electrons. The van der Waals surface area contributed by atoms with Crippen molar-refractivity contribution in [2.45, 2.75) is 58.3 Å². The monoisotopic (exact) mass is 492 g/mol. The normalized spacial score (nSPS) is 22.4. The summed E-state index contributed by atoms with van der Waals surface area (Å²) in [7, 11) is 0. The number of phenols is 2. The summed E-state index contributed by atoms with van der Waals surface area (Å²) in [4.78, 5) is 32.4. The van der Waals surface area contributed by atoms with Gasteiger partial charge in [-0.15, -0.1) is 0 Å². The van der Waals surface area contributed by atoms with Gasteiger partial charge in [0.05, 0.1) is 17.3 Å². The van der Waals surface area contributed by atoms with E-state index in [4.69, 9.17) is 21.2 Å². The van der Waals surface area contributed by atoms with Gasteiger partial charge in [-0.25, -0.2) is 4.79 Å². The van der Waals surface area contributed by atoms with Gasteiger partial charge in [0.1, 0.15) is 17.1 Å². The van der Waals surface area contributed by atoms with Crippen molar-refractivity contribution < 1.29 is 29.4 Å². The Balaban J connectivity index is 1.86. The first-order chi connectivity index (χ1) is 16.4. The number of carbonyl (C=O) groups excluding carboxylic acids is 2. The van der Waals surface area contributed by atoms with Crippen molar-refractivity contribution in [1.82, 2.24) is 4.90 Å². The Morgan fingerprint density at radius 3 is 2.71 bits per heavy atom. The van der Waals surface area contributed by atoms with E-state index < -0.39 is 11.7 Å². The SMILES string of the molecule is CC1CC/C=C/CCOC(=O)c2c(O)cc(O)c(Cl)c2C/C(=N\OCC(=O)N2CCCCC2)C1. The maximum atomic E-state index is 12.7. The Morgan fingerprint density at radius 1 is 1.21 bits per heavy atom. The highest BCUT2D eigenvalue weighted by Gasteiger charge is 2.25. The second-order valence-electron chi connectivity index (χ2n) is 8.91. The average molecular weight is 493 g/mol. The first-order valence-electron chi connectivity index (χ1n) is 11.9. The van der Waals surface area contributed by atoms with E-state index in [1.54, 1.807) is 4.90 Å². The number of esters is 1. The zero-order valence-electron chi connectivity index (χ0n) is 19.6. The minimum atomic E-state index is -0.728. The molecule has 0 saturated carbocycles. The molecule has 1 aromatic carbocycles. The number of allylic oxidation sites excluding steroid dienone is 1. The van der Waals surface area contributed by atoms with Crippen LogP contribution in [0.5, 0.6) is 11.5 Å². The number of nitrogens with zero attached hydrogens (tertiary/aromatic N) is 2. The van der Waals surface area contributed by atoms with Gasteiger partial charge in [-0.2, -0.15) is 0 Å². The molecule has 9 heteroatoms. The molecular weight excluding hydrogens is 460 g/mol. The van der Waals surface area contributed by atoms with Crippen LogP contribution in [0.15, 0.2) is 23.4 Å². The Hall–Kier alpha value is -2.74. The van der Waals surface area contributed by atoms with Crippen LogP contribution in [0.4, 0.5) is 0 Å². The lowest BCUT2D eigenvalue weighted by molar-refractivity contribution is -0.137. The fraction of sp³-hybridized carbons (Fsp3) is 0.560. The van der Waals surface area contributed by atoms with Crippen molar-refractivity contribution in [2.75, 3.05) is 26.3 Å². The summed E-state index contributed by atoms with van der Waals surface area (Å²) in [5, 5.41) is 24.8. The van der Waals surface area contributed by atoms with E-state index in [0.717, 1.165) is 51.3 Å². The molecule has 2 N–H and O–H groups in total. The maximum absolute atomic E-state index is 12.7. The Kier molecular flexibility index (Phi) is 9.62. The number of halogens is 1. The van der Waals surface area contributed by atoms with Crippen LogP contribution in [0.25, 0.3) is 0 Å². The van der Waals surface area contributed by atoms with E-state index in [2.05, 4.69) is 18.2 Å². The summed E-state index contributed by atoms with van der Waals surface area (Å²) in [6.45, 7) is 3.53. The molecule has 2 aliphatic rings. The van der Waals surface area contributed by atoms with E-state index in [9.17, 15) is 19.8 Å². The van der Waals surface area contributed by atoms with Gasteiger partial charge < -0.3 is 24.7 Å². The Labute approximate surface area is 205 Å². The number of cyclic esters (lactones) is 1. The van der Waals surface area contributed by atoms with Crippen LogP contribution >= 0.6 is 11.6 Å². The molecule has 0 spiro atoms. The van der Waals surface area contributed by atoms with E-state index in [0.29, 0.717) is 18.6 Å². The van der Waals surface area contributed by atoms with E-state index in [1.807, 2.05) is 6.08 Å². The van der Waals surface area contributed by atoms with Crippen molar-refractivity contribution in [3.05, 3.63) is 34.4 Å². The first-order valence-corrected chi connectivity index (χ1v) is 12.3. The number of phenolic OH excluding ortho intramolecular Hbond substituents is 2. The van der Waals surface area contributed by atoms with Crippen molar-refractivity contribution in [3.63, 3.8) is 0 Å². The molecular formula is C25H33ClN2O6. The molecule has 34 heavy (non-hydrogen) atoms. The number of likely N-dealkylation sites (tertiary alicyclic amines) is 1. The molecule has 3 rings (SSSR count). The van der Waals surface area contributed by atoms with E-state index >= 15 is 0 Å². The van der Waals surface area contributed by atoms with Crippen LogP contribution in [-0.4, -0.2) is 59.0 Å². The van der Waals surface area contributed by atoms with Gasteiger partial charge in [0.25, 0.3) is 5.91 Å². The number of rotatable bonds is 3. The third-order valence-electron chi connectivity index (χ3n) is 6.09. The molecule has 0 bridgehead atoms. The summed E-state index contributed by atoms with van der Waals surface area (Å²) in [6, 6.07) is 1.03. The number of ether oxygens (including phenoxy) is 1. The molecule has 186 valence electrons. The summed E-state index contributed by atoms with van der Waals surface area (Å²) >= 11 is 6.35. The molecule has 1 aromatic rings. The first kappa shape index (κ1) is 25.9. The van der Waals surface area contributed by atoms with Crippen LogP contribution in [0.2, 0.25) is 5.02 Å². The minimum Gasteiger partial charge on any atom is -0.507 e. The number of hydrogen-bond donors (Lipinski definition) is 2. The highest BCUT2D eigenvalue weighted by molar-refractivity contribution is 6.33. The number of hydrogen-bond acceptors (Lipinski definition) is 7. The highest BCUT2D eigenvalue weighted by Crippen LogP contribution is 2.37. The molecule has 1 amide bonds. The van der Waals surface area contributed by atoms with Crippen LogP contribution in [-0.2, 0) is 20.8 Å². The largest absolute Gasteiger partial charge is 0.507 e. The van der Waals surface area contributed by atoms with Crippen LogP contribution in [0, 0.1) is 5.92 Å². The molecule has 1 saturated heterocycles. The molecule has 8 nitrogen and oxygen atoms in total. The second kappa shape index (κ2) is 12.6. The van der Waals surface area contributed by atoms with Gasteiger partial charge in [-0.1, -0.05) is 35.8 Å². The van der Waals surface area contributed by atoms with E-state index in [-0.39, 0.29) is 53.4 Å². The molecule has 2 heterocycles.